The Hall–Kier alpha value is -2.43. The van der Waals surface area contributed by atoms with Crippen molar-refractivity contribution in [3.63, 3.8) is 0 Å². The van der Waals surface area contributed by atoms with Crippen LogP contribution in [0.5, 0.6) is 0 Å². The maximum Gasteiger partial charge on any atom is 0.291 e. The minimum absolute atomic E-state index is 0.0798. The fraction of sp³-hybridized carbons (Fsp3) is 0.421. The van der Waals surface area contributed by atoms with E-state index in [9.17, 15) is 4.79 Å². The molecule has 128 valence electrons. The molecule has 0 unspecified atom stereocenters. The Morgan fingerprint density at radius 2 is 1.71 bits per heavy atom. The van der Waals surface area contributed by atoms with Crippen LogP contribution in [-0.4, -0.2) is 22.3 Å². The van der Waals surface area contributed by atoms with Gasteiger partial charge in [-0.15, -0.1) is 0 Å². The van der Waals surface area contributed by atoms with E-state index in [-0.39, 0.29) is 16.7 Å². The Labute approximate surface area is 143 Å². The first kappa shape index (κ1) is 17.9. The number of benzene rings is 1. The predicted octanol–water partition coefficient (Wildman–Crippen LogP) is 3.77. The van der Waals surface area contributed by atoms with Crippen molar-refractivity contribution in [2.45, 2.75) is 52.4 Å². The minimum atomic E-state index is -0.329. The van der Waals surface area contributed by atoms with Crippen molar-refractivity contribution in [3.8, 4) is 0 Å². The second-order valence-electron chi connectivity index (χ2n) is 7.99. The molecule has 0 spiro atoms. The van der Waals surface area contributed by atoms with E-state index in [0.29, 0.717) is 5.69 Å². The van der Waals surface area contributed by atoms with Gasteiger partial charge in [-0.3, -0.25) is 9.89 Å². The molecule has 0 radical (unpaired) electrons. The lowest BCUT2D eigenvalue weighted by atomic mass is 9.87. The number of nitrogens with one attached hydrogen (secondary N) is 2. The molecule has 0 bridgehead atoms. The topological polar surface area (TPSA) is 70.1 Å². The van der Waals surface area contributed by atoms with Gasteiger partial charge in [-0.25, -0.2) is 5.43 Å². The fourth-order valence-electron chi connectivity index (χ4n) is 2.11. The highest BCUT2D eigenvalue weighted by atomic mass is 16.2. The first-order valence-corrected chi connectivity index (χ1v) is 8.07. The normalized spacial score (nSPS) is 12.6. The number of nitrogens with zero attached hydrogens (tertiary/aromatic N) is 2. The van der Waals surface area contributed by atoms with Crippen molar-refractivity contribution in [3.05, 3.63) is 52.8 Å². The van der Waals surface area contributed by atoms with E-state index in [1.54, 1.807) is 12.3 Å². The summed E-state index contributed by atoms with van der Waals surface area (Å²) in [6.45, 7) is 12.7. The average molecular weight is 326 g/mol. The van der Waals surface area contributed by atoms with Gasteiger partial charge in [-0.1, -0.05) is 65.8 Å². The summed E-state index contributed by atoms with van der Waals surface area (Å²) in [6.07, 6.45) is 1.63. The molecule has 24 heavy (non-hydrogen) atoms. The van der Waals surface area contributed by atoms with Crippen LogP contribution in [0.25, 0.3) is 0 Å². The van der Waals surface area contributed by atoms with Crippen LogP contribution in [0.4, 0.5) is 0 Å². The molecule has 5 heteroatoms. The van der Waals surface area contributed by atoms with Gasteiger partial charge < -0.3 is 0 Å². The molecule has 2 rings (SSSR count). The molecule has 5 nitrogen and oxygen atoms in total. The van der Waals surface area contributed by atoms with Crippen molar-refractivity contribution in [1.82, 2.24) is 15.6 Å². The van der Waals surface area contributed by atoms with Crippen LogP contribution in [0.3, 0.4) is 0 Å². The van der Waals surface area contributed by atoms with Crippen LogP contribution in [0.15, 0.2) is 35.4 Å². The second kappa shape index (κ2) is 6.59. The number of hydrogen-bond donors (Lipinski definition) is 2. The number of hydrazone groups is 1. The molecule has 0 fully saturated rings. The van der Waals surface area contributed by atoms with Gasteiger partial charge in [0.2, 0.25) is 0 Å². The quantitative estimate of drug-likeness (QED) is 0.666. The SMILES string of the molecule is CC(C)(C)c1ccc(/C=N/NC(=O)c2cc(C(C)(C)C)[nH]n2)cc1. The third kappa shape index (κ3) is 4.54. The van der Waals surface area contributed by atoms with Crippen molar-refractivity contribution in [1.29, 1.82) is 0 Å². The monoisotopic (exact) mass is 326 g/mol. The van der Waals surface area contributed by atoms with Gasteiger partial charge in [-0.05, 0) is 22.6 Å². The third-order valence-electron chi connectivity index (χ3n) is 3.77. The van der Waals surface area contributed by atoms with Gasteiger partial charge in [-0.2, -0.15) is 10.2 Å². The molecule has 1 amide bonds. The molecule has 0 aliphatic heterocycles. The lowest BCUT2D eigenvalue weighted by molar-refractivity contribution is 0.0950. The van der Waals surface area contributed by atoms with E-state index in [0.717, 1.165) is 11.3 Å². The summed E-state index contributed by atoms with van der Waals surface area (Å²) in [7, 11) is 0. The zero-order chi connectivity index (χ0) is 18.0. The fourth-order valence-corrected chi connectivity index (χ4v) is 2.11. The number of hydrogen-bond acceptors (Lipinski definition) is 3. The highest BCUT2D eigenvalue weighted by Crippen LogP contribution is 2.22. The van der Waals surface area contributed by atoms with Crippen LogP contribution in [0.1, 0.15) is 68.9 Å². The Bertz CT molecular complexity index is 728. The number of aromatic nitrogens is 2. The van der Waals surface area contributed by atoms with Crippen LogP contribution in [-0.2, 0) is 10.8 Å². The highest BCUT2D eigenvalue weighted by Gasteiger charge is 2.19. The van der Waals surface area contributed by atoms with Crippen molar-refractivity contribution >= 4 is 12.1 Å². The van der Waals surface area contributed by atoms with Gasteiger partial charge >= 0.3 is 0 Å². The van der Waals surface area contributed by atoms with E-state index >= 15 is 0 Å². The maximum absolute atomic E-state index is 12.1. The Balaban J connectivity index is 1.98. The Morgan fingerprint density at radius 3 is 2.21 bits per heavy atom. The van der Waals surface area contributed by atoms with E-state index in [1.165, 1.54) is 5.56 Å². The molecule has 1 aromatic heterocycles. The molecule has 1 aromatic carbocycles. The minimum Gasteiger partial charge on any atom is -0.281 e. The first-order chi connectivity index (χ1) is 11.1. The Morgan fingerprint density at radius 1 is 1.08 bits per heavy atom. The molecule has 2 N–H and O–H groups in total. The summed E-state index contributed by atoms with van der Waals surface area (Å²) in [5.74, 6) is -0.329. The highest BCUT2D eigenvalue weighted by molar-refractivity contribution is 5.93. The van der Waals surface area contributed by atoms with Gasteiger partial charge in [0.05, 0.1) is 6.21 Å². The average Bonchev–Trinajstić information content (AvgIpc) is 2.96. The molecule has 0 aliphatic carbocycles. The van der Waals surface area contributed by atoms with E-state index in [4.69, 9.17) is 0 Å². The van der Waals surface area contributed by atoms with Crippen molar-refractivity contribution in [2.24, 2.45) is 5.10 Å². The summed E-state index contributed by atoms with van der Waals surface area (Å²) >= 11 is 0. The molecule has 1 heterocycles. The smallest absolute Gasteiger partial charge is 0.281 e. The zero-order valence-electron chi connectivity index (χ0n) is 15.3. The number of rotatable bonds is 3. The summed E-state index contributed by atoms with van der Waals surface area (Å²) in [6, 6.07) is 9.88. The predicted molar refractivity (Wildman–Crippen MR) is 97.5 cm³/mol. The Kier molecular flexibility index (Phi) is 4.92. The number of carbonyl (C=O) groups is 1. The summed E-state index contributed by atoms with van der Waals surface area (Å²) in [5.41, 5.74) is 5.98. The van der Waals surface area contributed by atoms with E-state index < -0.39 is 0 Å². The maximum atomic E-state index is 12.1. The summed E-state index contributed by atoms with van der Waals surface area (Å²) < 4.78 is 0. The van der Waals surface area contributed by atoms with Gasteiger partial charge in [0.25, 0.3) is 5.91 Å². The molecule has 0 aliphatic rings. The first-order valence-electron chi connectivity index (χ1n) is 8.07. The molecular weight excluding hydrogens is 300 g/mol. The van der Waals surface area contributed by atoms with E-state index in [2.05, 4.69) is 74.4 Å². The molecule has 2 aromatic rings. The van der Waals surface area contributed by atoms with Crippen LogP contribution >= 0.6 is 0 Å². The van der Waals surface area contributed by atoms with Crippen LogP contribution < -0.4 is 5.43 Å². The van der Waals surface area contributed by atoms with Gasteiger partial charge in [0.15, 0.2) is 5.69 Å². The lowest BCUT2D eigenvalue weighted by Crippen LogP contribution is -2.18. The standard InChI is InChI=1S/C19H26N4O/c1-18(2,3)14-9-7-13(8-10-14)12-20-23-17(24)15-11-16(22-21-15)19(4,5)6/h7-12H,1-6H3,(H,21,22)(H,23,24)/b20-12+. The lowest BCUT2D eigenvalue weighted by Gasteiger charge is -2.18. The van der Waals surface area contributed by atoms with Crippen LogP contribution in [0, 0.1) is 0 Å². The molecule has 0 saturated heterocycles. The van der Waals surface area contributed by atoms with E-state index in [1.807, 2.05) is 12.1 Å². The summed E-state index contributed by atoms with van der Waals surface area (Å²) in [4.78, 5) is 12.1. The number of amides is 1. The number of H-pyrrole nitrogens is 1. The third-order valence-corrected chi connectivity index (χ3v) is 3.77. The van der Waals surface area contributed by atoms with Gasteiger partial charge in [0, 0.05) is 11.1 Å². The molecule has 0 saturated carbocycles. The van der Waals surface area contributed by atoms with Gasteiger partial charge in [0.1, 0.15) is 0 Å². The van der Waals surface area contributed by atoms with Crippen LogP contribution in [0.2, 0.25) is 0 Å². The van der Waals surface area contributed by atoms with Crippen molar-refractivity contribution < 1.29 is 4.79 Å². The summed E-state index contributed by atoms with van der Waals surface area (Å²) in [5, 5.41) is 10.9. The zero-order valence-corrected chi connectivity index (χ0v) is 15.3. The largest absolute Gasteiger partial charge is 0.291 e. The molecular formula is C19H26N4O. The van der Waals surface area contributed by atoms with Crippen molar-refractivity contribution in [2.75, 3.05) is 0 Å². The molecule has 0 atom stereocenters. The number of aromatic amines is 1. The second-order valence-corrected chi connectivity index (χ2v) is 7.99. The number of carbonyl (C=O) groups excluding carboxylic acids is 1.